The van der Waals surface area contributed by atoms with Gasteiger partial charge in [0.25, 0.3) is 0 Å². The number of carbonyl (C=O) groups is 2. The Bertz CT molecular complexity index is 596. The SMILES string of the molecule is CCC(C)C(=O)NCC(=O)Nc1cc(Br)cnc1OCC(F)(F)F. The summed E-state index contributed by atoms with van der Waals surface area (Å²) in [6, 6.07) is 1.35. The lowest BCUT2D eigenvalue weighted by Gasteiger charge is -2.14. The second kappa shape index (κ2) is 8.86. The molecule has 1 aromatic heterocycles. The van der Waals surface area contributed by atoms with E-state index in [0.717, 1.165) is 0 Å². The molecule has 0 saturated heterocycles. The minimum Gasteiger partial charge on any atom is -0.467 e. The van der Waals surface area contributed by atoms with Crippen molar-refractivity contribution in [2.24, 2.45) is 5.92 Å². The molecule has 1 heterocycles. The van der Waals surface area contributed by atoms with E-state index in [4.69, 9.17) is 0 Å². The van der Waals surface area contributed by atoms with Crippen molar-refractivity contribution >= 4 is 33.4 Å². The zero-order chi connectivity index (χ0) is 18.3. The molecule has 0 bridgehead atoms. The van der Waals surface area contributed by atoms with Gasteiger partial charge in [-0.25, -0.2) is 4.98 Å². The number of amides is 2. The van der Waals surface area contributed by atoms with E-state index in [2.05, 4.69) is 36.3 Å². The molecule has 6 nitrogen and oxygen atoms in total. The highest BCUT2D eigenvalue weighted by Gasteiger charge is 2.29. The van der Waals surface area contributed by atoms with Gasteiger partial charge < -0.3 is 15.4 Å². The third-order valence-electron chi connectivity index (χ3n) is 2.95. The maximum absolute atomic E-state index is 12.2. The molecule has 0 radical (unpaired) electrons. The molecule has 0 saturated carbocycles. The molecule has 1 unspecified atom stereocenters. The summed E-state index contributed by atoms with van der Waals surface area (Å²) < 4.78 is 41.7. The zero-order valence-electron chi connectivity index (χ0n) is 13.0. The quantitative estimate of drug-likeness (QED) is 0.722. The summed E-state index contributed by atoms with van der Waals surface area (Å²) >= 11 is 3.11. The summed E-state index contributed by atoms with van der Waals surface area (Å²) in [7, 11) is 0. The first kappa shape index (κ1) is 20.2. The van der Waals surface area contributed by atoms with Gasteiger partial charge >= 0.3 is 6.18 Å². The van der Waals surface area contributed by atoms with E-state index >= 15 is 0 Å². The first-order valence-corrected chi connectivity index (χ1v) is 7.84. The Labute approximate surface area is 145 Å². The highest BCUT2D eigenvalue weighted by Crippen LogP contribution is 2.27. The first-order valence-electron chi connectivity index (χ1n) is 7.05. The van der Waals surface area contributed by atoms with Crippen molar-refractivity contribution in [1.82, 2.24) is 10.3 Å². The molecule has 0 fully saturated rings. The number of rotatable bonds is 7. The topological polar surface area (TPSA) is 80.3 Å². The predicted octanol–water partition coefficient (Wildman–Crippen LogP) is 2.89. The fourth-order valence-corrected chi connectivity index (χ4v) is 1.83. The molecule has 1 rings (SSSR count). The number of hydrogen-bond donors (Lipinski definition) is 2. The van der Waals surface area contributed by atoms with Crippen LogP contribution in [0, 0.1) is 5.92 Å². The summed E-state index contributed by atoms with van der Waals surface area (Å²) in [5.74, 6) is -1.50. The van der Waals surface area contributed by atoms with Crippen LogP contribution >= 0.6 is 15.9 Å². The summed E-state index contributed by atoms with van der Waals surface area (Å²) in [6.45, 7) is 1.71. The number of alkyl halides is 3. The fraction of sp³-hybridized carbons (Fsp3) is 0.500. The molecule has 0 aliphatic rings. The third kappa shape index (κ3) is 7.16. The standard InChI is InChI=1S/C14H17BrF3N3O3/c1-3-8(2)12(23)19-6-11(22)21-10-4-9(15)5-20-13(10)24-7-14(16,17)18/h4-5,8H,3,6-7H2,1-2H3,(H,19,23)(H,21,22). The largest absolute Gasteiger partial charge is 0.467 e. The second-order valence-corrected chi connectivity index (χ2v) is 5.90. The van der Waals surface area contributed by atoms with Crippen LogP contribution in [0.4, 0.5) is 18.9 Å². The molecule has 1 atom stereocenters. The van der Waals surface area contributed by atoms with Gasteiger partial charge in [0.05, 0.1) is 6.54 Å². The Kier molecular flexibility index (Phi) is 7.46. The number of pyridine rings is 1. The normalized spacial score (nSPS) is 12.4. The lowest BCUT2D eigenvalue weighted by atomic mass is 10.1. The van der Waals surface area contributed by atoms with Crippen molar-refractivity contribution in [3.63, 3.8) is 0 Å². The number of aromatic nitrogens is 1. The Hall–Kier alpha value is -1.84. The highest BCUT2D eigenvalue weighted by molar-refractivity contribution is 9.10. The van der Waals surface area contributed by atoms with Crippen LogP contribution in [0.15, 0.2) is 16.7 Å². The van der Waals surface area contributed by atoms with Gasteiger partial charge in [-0.3, -0.25) is 9.59 Å². The molecule has 0 spiro atoms. The van der Waals surface area contributed by atoms with Crippen molar-refractivity contribution in [3.05, 3.63) is 16.7 Å². The van der Waals surface area contributed by atoms with E-state index in [9.17, 15) is 22.8 Å². The molecule has 2 amide bonds. The summed E-state index contributed by atoms with van der Waals surface area (Å²) in [4.78, 5) is 27.1. The number of nitrogens with one attached hydrogen (secondary N) is 2. The van der Waals surface area contributed by atoms with Gasteiger partial charge in [0, 0.05) is 16.6 Å². The molecular formula is C14H17BrF3N3O3. The molecule has 24 heavy (non-hydrogen) atoms. The van der Waals surface area contributed by atoms with Crippen LogP contribution in [0.3, 0.4) is 0 Å². The lowest BCUT2D eigenvalue weighted by molar-refractivity contribution is -0.154. The molecule has 2 N–H and O–H groups in total. The van der Waals surface area contributed by atoms with E-state index in [0.29, 0.717) is 10.9 Å². The summed E-state index contributed by atoms with van der Waals surface area (Å²) in [6.07, 6.45) is -2.66. The molecule has 134 valence electrons. The number of carbonyl (C=O) groups excluding carboxylic acids is 2. The first-order chi connectivity index (χ1) is 11.1. The van der Waals surface area contributed by atoms with Crippen LogP contribution in [-0.2, 0) is 9.59 Å². The zero-order valence-corrected chi connectivity index (χ0v) is 14.6. The van der Waals surface area contributed by atoms with Crippen molar-refractivity contribution in [1.29, 1.82) is 0 Å². The highest BCUT2D eigenvalue weighted by atomic mass is 79.9. The average molecular weight is 412 g/mol. The lowest BCUT2D eigenvalue weighted by Crippen LogP contribution is -2.36. The van der Waals surface area contributed by atoms with E-state index < -0.39 is 18.7 Å². The van der Waals surface area contributed by atoms with E-state index in [1.165, 1.54) is 12.3 Å². The van der Waals surface area contributed by atoms with Gasteiger partial charge in [-0.15, -0.1) is 0 Å². The minimum atomic E-state index is -4.53. The number of ether oxygens (including phenoxy) is 1. The number of hydrogen-bond acceptors (Lipinski definition) is 4. The van der Waals surface area contributed by atoms with Crippen LogP contribution in [-0.4, -0.2) is 36.1 Å². The van der Waals surface area contributed by atoms with Crippen LogP contribution in [0.5, 0.6) is 5.88 Å². The van der Waals surface area contributed by atoms with Gasteiger partial charge in [0.1, 0.15) is 5.69 Å². The number of anilines is 1. The smallest absolute Gasteiger partial charge is 0.422 e. The van der Waals surface area contributed by atoms with Crippen LogP contribution in [0.1, 0.15) is 20.3 Å². The van der Waals surface area contributed by atoms with Crippen LogP contribution in [0.2, 0.25) is 0 Å². The van der Waals surface area contributed by atoms with E-state index in [1.54, 1.807) is 6.92 Å². The molecule has 10 heteroatoms. The van der Waals surface area contributed by atoms with Crippen LogP contribution < -0.4 is 15.4 Å². The van der Waals surface area contributed by atoms with Crippen molar-refractivity contribution in [2.75, 3.05) is 18.5 Å². The van der Waals surface area contributed by atoms with E-state index in [1.807, 2.05) is 6.92 Å². The Morgan fingerprint density at radius 3 is 2.67 bits per heavy atom. The fourth-order valence-electron chi connectivity index (χ4n) is 1.50. The van der Waals surface area contributed by atoms with Gasteiger partial charge in [-0.1, -0.05) is 13.8 Å². The monoisotopic (exact) mass is 411 g/mol. The Balaban J connectivity index is 2.70. The second-order valence-electron chi connectivity index (χ2n) is 4.99. The molecule has 0 aromatic carbocycles. The maximum atomic E-state index is 12.2. The third-order valence-corrected chi connectivity index (χ3v) is 3.38. The van der Waals surface area contributed by atoms with Gasteiger partial charge in [-0.2, -0.15) is 13.2 Å². The minimum absolute atomic E-state index is 0.0311. The maximum Gasteiger partial charge on any atom is 0.422 e. The van der Waals surface area contributed by atoms with Crippen LogP contribution in [0.25, 0.3) is 0 Å². The van der Waals surface area contributed by atoms with Gasteiger partial charge in [0.15, 0.2) is 6.61 Å². The molecule has 0 aliphatic carbocycles. The molecule has 1 aromatic rings. The Morgan fingerprint density at radius 1 is 1.42 bits per heavy atom. The van der Waals surface area contributed by atoms with Gasteiger partial charge in [-0.05, 0) is 28.4 Å². The number of halogens is 4. The molecule has 0 aliphatic heterocycles. The van der Waals surface area contributed by atoms with Gasteiger partial charge in [0.2, 0.25) is 17.7 Å². The average Bonchev–Trinajstić information content (AvgIpc) is 2.50. The predicted molar refractivity (Wildman–Crippen MR) is 84.6 cm³/mol. The summed E-state index contributed by atoms with van der Waals surface area (Å²) in [5, 5.41) is 4.80. The van der Waals surface area contributed by atoms with E-state index in [-0.39, 0.29) is 29.9 Å². The molecular weight excluding hydrogens is 395 g/mol. The summed E-state index contributed by atoms with van der Waals surface area (Å²) in [5.41, 5.74) is -0.0311. The Morgan fingerprint density at radius 2 is 2.08 bits per heavy atom. The number of nitrogens with zero attached hydrogens (tertiary/aromatic N) is 1. The van der Waals surface area contributed by atoms with Crippen molar-refractivity contribution < 1.29 is 27.5 Å². The van der Waals surface area contributed by atoms with Crippen molar-refractivity contribution in [2.45, 2.75) is 26.4 Å². The van der Waals surface area contributed by atoms with Crippen molar-refractivity contribution in [3.8, 4) is 5.88 Å².